The Morgan fingerprint density at radius 2 is 1.67 bits per heavy atom. The molecule has 0 radical (unpaired) electrons. The van der Waals surface area contributed by atoms with Crippen LogP contribution in [0.4, 0.5) is 5.82 Å². The average Bonchev–Trinajstić information content (AvgIpc) is 2.45. The van der Waals surface area contributed by atoms with Crippen LogP contribution in [-0.4, -0.2) is 16.7 Å². The van der Waals surface area contributed by atoms with Gasteiger partial charge >= 0.3 is 0 Å². The summed E-state index contributed by atoms with van der Waals surface area (Å²) in [5, 5.41) is 21.3. The highest BCUT2D eigenvalue weighted by Crippen LogP contribution is 2.23. The fourth-order valence-electron chi connectivity index (χ4n) is 2.87. The van der Waals surface area contributed by atoms with Crippen LogP contribution in [0.2, 0.25) is 0 Å². The number of nitrogens with one attached hydrogen (secondary N) is 1. The van der Waals surface area contributed by atoms with Crippen molar-refractivity contribution >= 4 is 5.82 Å². The first kappa shape index (κ1) is 17.4. The van der Waals surface area contributed by atoms with Crippen LogP contribution in [0.15, 0.2) is 0 Å². The van der Waals surface area contributed by atoms with Crippen molar-refractivity contribution < 1.29 is 0 Å². The zero-order valence-electron chi connectivity index (χ0n) is 14.2. The summed E-state index contributed by atoms with van der Waals surface area (Å²) in [6.45, 7) is 13.9. The Balaban J connectivity index is 3.02. The molecule has 1 rings (SSSR count). The molecule has 0 unspecified atom stereocenters. The molecule has 0 saturated carbocycles. The number of hydrogen-bond donors (Lipinski definition) is 1. The van der Waals surface area contributed by atoms with Gasteiger partial charge in [-0.25, -0.2) is 0 Å². The molecular formula is C17H28N4. The standard InChI is InChI=1S/C17H28N4/c1-7-13-14(9-18)17(21-20-16(13)8-2)19-10-15(11(3)4)12(5)6/h11-12,15H,7-8,10H2,1-6H3,(H,19,21). The minimum atomic E-state index is 0.550. The molecule has 0 spiro atoms. The first-order chi connectivity index (χ1) is 9.96. The monoisotopic (exact) mass is 288 g/mol. The van der Waals surface area contributed by atoms with Gasteiger partial charge in [-0.3, -0.25) is 0 Å². The molecular weight excluding hydrogens is 260 g/mol. The fourth-order valence-corrected chi connectivity index (χ4v) is 2.87. The topological polar surface area (TPSA) is 61.6 Å². The van der Waals surface area contributed by atoms with E-state index in [1.807, 2.05) is 6.92 Å². The van der Waals surface area contributed by atoms with E-state index in [2.05, 4.69) is 56.2 Å². The molecule has 0 saturated heterocycles. The minimum Gasteiger partial charge on any atom is -0.367 e. The predicted octanol–water partition coefficient (Wildman–Crippen LogP) is 3.81. The number of aryl methyl sites for hydroxylation is 1. The molecule has 1 aromatic heterocycles. The Morgan fingerprint density at radius 1 is 1.05 bits per heavy atom. The first-order valence-corrected chi connectivity index (χ1v) is 7.98. The van der Waals surface area contributed by atoms with Crippen LogP contribution >= 0.6 is 0 Å². The number of rotatable bonds is 7. The molecule has 0 fully saturated rings. The van der Waals surface area contributed by atoms with E-state index in [4.69, 9.17) is 0 Å². The number of hydrogen-bond acceptors (Lipinski definition) is 4. The lowest BCUT2D eigenvalue weighted by molar-refractivity contribution is 0.304. The van der Waals surface area contributed by atoms with Crippen molar-refractivity contribution in [3.8, 4) is 6.07 Å². The molecule has 1 heterocycles. The summed E-state index contributed by atoms with van der Waals surface area (Å²) in [5.41, 5.74) is 2.63. The highest BCUT2D eigenvalue weighted by molar-refractivity contribution is 5.56. The number of anilines is 1. The summed E-state index contributed by atoms with van der Waals surface area (Å²) in [5.74, 6) is 2.38. The van der Waals surface area contributed by atoms with Crippen LogP contribution in [0.1, 0.15) is 58.4 Å². The van der Waals surface area contributed by atoms with Crippen LogP contribution in [-0.2, 0) is 12.8 Å². The Bertz CT molecular complexity index is 492. The van der Waals surface area contributed by atoms with Crippen molar-refractivity contribution in [2.24, 2.45) is 17.8 Å². The van der Waals surface area contributed by atoms with Crippen LogP contribution in [0.25, 0.3) is 0 Å². The van der Waals surface area contributed by atoms with Gasteiger partial charge in [-0.15, -0.1) is 5.10 Å². The van der Waals surface area contributed by atoms with Gasteiger partial charge in [0.2, 0.25) is 0 Å². The van der Waals surface area contributed by atoms with E-state index in [1.54, 1.807) is 0 Å². The van der Waals surface area contributed by atoms with Crippen LogP contribution in [0.5, 0.6) is 0 Å². The van der Waals surface area contributed by atoms with Crippen molar-refractivity contribution in [3.63, 3.8) is 0 Å². The molecule has 0 aliphatic rings. The van der Waals surface area contributed by atoms with E-state index in [-0.39, 0.29) is 0 Å². The van der Waals surface area contributed by atoms with E-state index < -0.39 is 0 Å². The second kappa shape index (κ2) is 7.97. The van der Waals surface area contributed by atoms with E-state index in [0.29, 0.717) is 29.1 Å². The summed E-state index contributed by atoms with van der Waals surface area (Å²) in [6, 6.07) is 2.31. The van der Waals surface area contributed by atoms with Crippen molar-refractivity contribution in [3.05, 3.63) is 16.8 Å². The highest BCUT2D eigenvalue weighted by atomic mass is 15.2. The Hall–Kier alpha value is -1.63. The van der Waals surface area contributed by atoms with Crippen LogP contribution < -0.4 is 5.32 Å². The molecule has 0 aliphatic heterocycles. The lowest BCUT2D eigenvalue weighted by atomic mass is 9.85. The maximum absolute atomic E-state index is 9.48. The zero-order valence-corrected chi connectivity index (χ0v) is 14.2. The lowest BCUT2D eigenvalue weighted by Gasteiger charge is -2.25. The Morgan fingerprint density at radius 3 is 2.10 bits per heavy atom. The van der Waals surface area contributed by atoms with Crippen molar-refractivity contribution in [1.82, 2.24) is 10.2 Å². The highest BCUT2D eigenvalue weighted by Gasteiger charge is 2.19. The van der Waals surface area contributed by atoms with Gasteiger partial charge in [0.15, 0.2) is 5.82 Å². The lowest BCUT2D eigenvalue weighted by Crippen LogP contribution is -2.25. The summed E-state index contributed by atoms with van der Waals surface area (Å²) >= 11 is 0. The Kier molecular flexibility index (Phi) is 6.61. The van der Waals surface area contributed by atoms with Crippen molar-refractivity contribution in [1.29, 1.82) is 5.26 Å². The van der Waals surface area contributed by atoms with E-state index in [9.17, 15) is 5.26 Å². The van der Waals surface area contributed by atoms with E-state index in [1.165, 1.54) is 0 Å². The maximum atomic E-state index is 9.48. The number of nitriles is 1. The fraction of sp³-hybridized carbons (Fsp3) is 0.706. The minimum absolute atomic E-state index is 0.550. The van der Waals surface area contributed by atoms with Gasteiger partial charge < -0.3 is 5.32 Å². The van der Waals surface area contributed by atoms with Crippen LogP contribution in [0.3, 0.4) is 0 Å². The summed E-state index contributed by atoms with van der Waals surface area (Å²) < 4.78 is 0. The Labute approximate surface area is 129 Å². The predicted molar refractivity (Wildman–Crippen MR) is 87.2 cm³/mol. The normalized spacial score (nSPS) is 11.2. The molecule has 4 heteroatoms. The third-order valence-electron chi connectivity index (χ3n) is 4.18. The molecule has 0 amide bonds. The summed E-state index contributed by atoms with van der Waals surface area (Å²) in [7, 11) is 0. The van der Waals surface area contributed by atoms with Crippen molar-refractivity contribution in [2.45, 2.75) is 54.4 Å². The molecule has 21 heavy (non-hydrogen) atoms. The smallest absolute Gasteiger partial charge is 0.166 e. The van der Waals surface area contributed by atoms with Gasteiger partial charge in [0.25, 0.3) is 0 Å². The maximum Gasteiger partial charge on any atom is 0.166 e. The third kappa shape index (κ3) is 4.17. The van der Waals surface area contributed by atoms with Gasteiger partial charge in [0.05, 0.1) is 5.69 Å². The average molecular weight is 288 g/mol. The van der Waals surface area contributed by atoms with Gasteiger partial charge in [-0.05, 0) is 36.2 Å². The molecule has 1 N–H and O–H groups in total. The molecule has 116 valence electrons. The summed E-state index contributed by atoms with van der Waals surface area (Å²) in [4.78, 5) is 0. The second-order valence-electron chi connectivity index (χ2n) is 6.20. The quantitative estimate of drug-likeness (QED) is 0.828. The summed E-state index contributed by atoms with van der Waals surface area (Å²) in [6.07, 6.45) is 1.62. The SMILES string of the molecule is CCc1nnc(NCC(C(C)C)C(C)C)c(C#N)c1CC. The van der Waals surface area contributed by atoms with Gasteiger partial charge in [-0.2, -0.15) is 10.4 Å². The molecule has 4 nitrogen and oxygen atoms in total. The number of nitrogens with zero attached hydrogens (tertiary/aromatic N) is 3. The van der Waals surface area contributed by atoms with Gasteiger partial charge in [0, 0.05) is 6.54 Å². The largest absolute Gasteiger partial charge is 0.367 e. The van der Waals surface area contributed by atoms with E-state index in [0.717, 1.165) is 30.6 Å². The second-order valence-corrected chi connectivity index (χ2v) is 6.20. The molecule has 1 aromatic rings. The molecule has 0 bridgehead atoms. The number of aromatic nitrogens is 2. The molecule has 0 atom stereocenters. The van der Waals surface area contributed by atoms with Gasteiger partial charge in [0.1, 0.15) is 11.6 Å². The van der Waals surface area contributed by atoms with Crippen LogP contribution in [0, 0.1) is 29.1 Å². The first-order valence-electron chi connectivity index (χ1n) is 7.98. The third-order valence-corrected chi connectivity index (χ3v) is 4.18. The molecule has 0 aromatic carbocycles. The zero-order chi connectivity index (χ0) is 16.0. The van der Waals surface area contributed by atoms with E-state index >= 15 is 0 Å². The van der Waals surface area contributed by atoms with Gasteiger partial charge in [-0.1, -0.05) is 41.5 Å². The molecule has 0 aliphatic carbocycles. The van der Waals surface area contributed by atoms with Crippen molar-refractivity contribution in [2.75, 3.05) is 11.9 Å².